The highest BCUT2D eigenvalue weighted by atomic mass is 16.1. The van der Waals surface area contributed by atoms with E-state index < -0.39 is 0 Å². The molecule has 0 unspecified atom stereocenters. The van der Waals surface area contributed by atoms with Crippen molar-refractivity contribution in [2.24, 2.45) is 0 Å². The predicted molar refractivity (Wildman–Crippen MR) is 89.0 cm³/mol. The maximum absolute atomic E-state index is 11.9. The van der Waals surface area contributed by atoms with Crippen LogP contribution in [0.2, 0.25) is 0 Å². The van der Waals surface area contributed by atoms with E-state index in [0.717, 1.165) is 16.8 Å². The predicted octanol–water partition coefficient (Wildman–Crippen LogP) is 3.35. The number of anilines is 2. The summed E-state index contributed by atoms with van der Waals surface area (Å²) in [6.07, 6.45) is 1.03. The summed E-state index contributed by atoms with van der Waals surface area (Å²) in [7, 11) is 0. The van der Waals surface area contributed by atoms with E-state index in [9.17, 15) is 9.59 Å². The summed E-state index contributed by atoms with van der Waals surface area (Å²) < 4.78 is 0. The minimum atomic E-state index is -0.0604. The number of benzene rings is 2. The van der Waals surface area contributed by atoms with E-state index >= 15 is 0 Å². The zero-order chi connectivity index (χ0) is 16.1. The van der Waals surface area contributed by atoms with Gasteiger partial charge in [0.2, 0.25) is 5.91 Å². The standard InChI is InChI=1S/C18H20N2O2/c1-12-3-4-14(11-17(12)19)5-10-18(22)20-16-8-6-15(7-9-16)13(2)21/h3-4,6-9,11H,5,10,19H2,1-2H3,(H,20,22). The number of hydrogen-bond acceptors (Lipinski definition) is 3. The lowest BCUT2D eigenvalue weighted by Crippen LogP contribution is -2.12. The van der Waals surface area contributed by atoms with E-state index in [4.69, 9.17) is 5.73 Å². The van der Waals surface area contributed by atoms with Crippen molar-refractivity contribution in [1.82, 2.24) is 0 Å². The maximum atomic E-state index is 11.9. The minimum absolute atomic E-state index is 0.00911. The van der Waals surface area contributed by atoms with Crippen LogP contribution in [0, 0.1) is 6.92 Å². The molecule has 0 bridgehead atoms. The molecule has 0 aromatic heterocycles. The van der Waals surface area contributed by atoms with Gasteiger partial charge in [-0.15, -0.1) is 0 Å². The third-order valence-corrected chi connectivity index (χ3v) is 3.56. The van der Waals surface area contributed by atoms with Gasteiger partial charge in [0.15, 0.2) is 5.78 Å². The van der Waals surface area contributed by atoms with Gasteiger partial charge in [0, 0.05) is 23.4 Å². The van der Waals surface area contributed by atoms with Gasteiger partial charge in [-0.1, -0.05) is 12.1 Å². The molecule has 0 heterocycles. The fraction of sp³-hybridized carbons (Fsp3) is 0.222. The molecular formula is C18H20N2O2. The quantitative estimate of drug-likeness (QED) is 0.656. The Labute approximate surface area is 130 Å². The third kappa shape index (κ3) is 4.19. The number of nitrogens with one attached hydrogen (secondary N) is 1. The molecule has 0 spiro atoms. The summed E-state index contributed by atoms with van der Waals surface area (Å²) in [5, 5.41) is 2.82. The highest BCUT2D eigenvalue weighted by molar-refractivity contribution is 5.95. The molecule has 114 valence electrons. The van der Waals surface area contributed by atoms with Crippen LogP contribution >= 0.6 is 0 Å². The molecule has 1 amide bonds. The Hall–Kier alpha value is -2.62. The van der Waals surface area contributed by atoms with Crippen molar-refractivity contribution in [2.45, 2.75) is 26.7 Å². The van der Waals surface area contributed by atoms with E-state index in [1.54, 1.807) is 24.3 Å². The number of nitrogen functional groups attached to an aromatic ring is 1. The first-order chi connectivity index (χ1) is 10.5. The van der Waals surface area contributed by atoms with Gasteiger partial charge < -0.3 is 11.1 Å². The van der Waals surface area contributed by atoms with Gasteiger partial charge in [-0.25, -0.2) is 0 Å². The summed E-state index contributed by atoms with van der Waals surface area (Å²) in [6.45, 7) is 3.47. The smallest absolute Gasteiger partial charge is 0.224 e. The second-order valence-electron chi connectivity index (χ2n) is 5.37. The Morgan fingerprint density at radius 1 is 1.09 bits per heavy atom. The van der Waals surface area contributed by atoms with Crippen molar-refractivity contribution in [3.63, 3.8) is 0 Å². The molecule has 0 saturated heterocycles. The first-order valence-electron chi connectivity index (χ1n) is 7.21. The van der Waals surface area contributed by atoms with E-state index in [2.05, 4.69) is 5.32 Å². The number of carbonyl (C=O) groups is 2. The molecule has 2 aromatic rings. The number of rotatable bonds is 5. The second kappa shape index (κ2) is 6.89. The van der Waals surface area contributed by atoms with Crippen molar-refractivity contribution >= 4 is 23.1 Å². The molecule has 0 radical (unpaired) electrons. The zero-order valence-corrected chi connectivity index (χ0v) is 12.8. The van der Waals surface area contributed by atoms with Gasteiger partial charge in [0.1, 0.15) is 0 Å². The summed E-state index contributed by atoms with van der Waals surface area (Å²) in [5.74, 6) is -0.0513. The Balaban J connectivity index is 1.89. The van der Waals surface area contributed by atoms with Crippen LogP contribution in [0.1, 0.15) is 34.8 Å². The van der Waals surface area contributed by atoms with Gasteiger partial charge in [-0.05, 0) is 61.7 Å². The average Bonchev–Trinajstić information content (AvgIpc) is 2.49. The molecule has 4 heteroatoms. The lowest BCUT2D eigenvalue weighted by atomic mass is 10.1. The lowest BCUT2D eigenvalue weighted by molar-refractivity contribution is -0.116. The van der Waals surface area contributed by atoms with Crippen LogP contribution in [-0.2, 0) is 11.2 Å². The molecule has 0 atom stereocenters. The fourth-order valence-corrected chi connectivity index (χ4v) is 2.12. The monoisotopic (exact) mass is 296 g/mol. The van der Waals surface area contributed by atoms with Crippen LogP contribution in [0.25, 0.3) is 0 Å². The normalized spacial score (nSPS) is 10.3. The van der Waals surface area contributed by atoms with Gasteiger partial charge in [0.25, 0.3) is 0 Å². The Morgan fingerprint density at radius 2 is 1.77 bits per heavy atom. The average molecular weight is 296 g/mol. The van der Waals surface area contributed by atoms with E-state index in [1.165, 1.54) is 6.92 Å². The van der Waals surface area contributed by atoms with Crippen LogP contribution in [0.4, 0.5) is 11.4 Å². The van der Waals surface area contributed by atoms with Crippen LogP contribution in [0.15, 0.2) is 42.5 Å². The molecule has 4 nitrogen and oxygen atoms in total. The highest BCUT2D eigenvalue weighted by Gasteiger charge is 2.05. The number of aryl methyl sites for hydroxylation is 2. The molecule has 2 aromatic carbocycles. The molecule has 22 heavy (non-hydrogen) atoms. The van der Waals surface area contributed by atoms with E-state index in [1.807, 2.05) is 25.1 Å². The van der Waals surface area contributed by atoms with Gasteiger partial charge in [-0.2, -0.15) is 0 Å². The lowest BCUT2D eigenvalue weighted by Gasteiger charge is -2.07. The third-order valence-electron chi connectivity index (χ3n) is 3.56. The van der Waals surface area contributed by atoms with Crippen LogP contribution in [0.3, 0.4) is 0 Å². The number of hydrogen-bond donors (Lipinski definition) is 2. The molecule has 0 aliphatic heterocycles. The zero-order valence-electron chi connectivity index (χ0n) is 12.8. The molecule has 0 aliphatic carbocycles. The Morgan fingerprint density at radius 3 is 2.36 bits per heavy atom. The first-order valence-corrected chi connectivity index (χ1v) is 7.21. The highest BCUT2D eigenvalue weighted by Crippen LogP contribution is 2.15. The largest absolute Gasteiger partial charge is 0.399 e. The molecule has 3 N–H and O–H groups in total. The fourth-order valence-electron chi connectivity index (χ4n) is 2.12. The van der Waals surface area contributed by atoms with Crippen LogP contribution in [-0.4, -0.2) is 11.7 Å². The molecule has 0 fully saturated rings. The summed E-state index contributed by atoms with van der Waals surface area (Å²) in [5.41, 5.74) is 10.0. The molecule has 2 rings (SSSR count). The Kier molecular flexibility index (Phi) is 4.94. The first kappa shape index (κ1) is 15.8. The topological polar surface area (TPSA) is 72.2 Å². The van der Waals surface area contributed by atoms with Crippen LogP contribution in [0.5, 0.6) is 0 Å². The number of amides is 1. The number of Topliss-reactive ketones (excluding diaryl/α,β-unsaturated/α-hetero) is 1. The number of carbonyl (C=O) groups excluding carboxylic acids is 2. The number of ketones is 1. The van der Waals surface area contributed by atoms with Crippen molar-refractivity contribution in [2.75, 3.05) is 11.1 Å². The number of nitrogens with two attached hydrogens (primary N) is 1. The van der Waals surface area contributed by atoms with Crippen molar-refractivity contribution in [3.05, 3.63) is 59.2 Å². The van der Waals surface area contributed by atoms with Crippen molar-refractivity contribution in [1.29, 1.82) is 0 Å². The van der Waals surface area contributed by atoms with Crippen molar-refractivity contribution in [3.8, 4) is 0 Å². The van der Waals surface area contributed by atoms with Crippen molar-refractivity contribution < 1.29 is 9.59 Å². The SMILES string of the molecule is CC(=O)c1ccc(NC(=O)CCc2ccc(C)c(N)c2)cc1. The second-order valence-corrected chi connectivity index (χ2v) is 5.37. The summed E-state index contributed by atoms with van der Waals surface area (Å²) >= 11 is 0. The maximum Gasteiger partial charge on any atom is 0.224 e. The van der Waals surface area contributed by atoms with E-state index in [0.29, 0.717) is 24.1 Å². The van der Waals surface area contributed by atoms with E-state index in [-0.39, 0.29) is 11.7 Å². The molecule has 0 aliphatic rings. The van der Waals surface area contributed by atoms with Gasteiger partial charge in [0.05, 0.1) is 0 Å². The summed E-state index contributed by atoms with van der Waals surface area (Å²) in [6, 6.07) is 12.7. The molecule has 0 saturated carbocycles. The van der Waals surface area contributed by atoms with Gasteiger partial charge >= 0.3 is 0 Å². The Bertz CT molecular complexity index is 691. The van der Waals surface area contributed by atoms with Crippen LogP contribution < -0.4 is 11.1 Å². The minimum Gasteiger partial charge on any atom is -0.399 e. The van der Waals surface area contributed by atoms with Gasteiger partial charge in [-0.3, -0.25) is 9.59 Å². The summed E-state index contributed by atoms with van der Waals surface area (Å²) in [4.78, 5) is 23.1. The molecular weight excluding hydrogens is 276 g/mol.